The molecule has 39 heavy (non-hydrogen) atoms. The van der Waals surface area contributed by atoms with Gasteiger partial charge in [0.05, 0.1) is 53.2 Å². The summed E-state index contributed by atoms with van der Waals surface area (Å²) in [7, 11) is 1.62. The van der Waals surface area contributed by atoms with Gasteiger partial charge in [0.25, 0.3) is 0 Å². The van der Waals surface area contributed by atoms with Crippen LogP contribution in [0.1, 0.15) is 6.42 Å². The minimum Gasteiger partial charge on any atom is -0.496 e. The van der Waals surface area contributed by atoms with Crippen LogP contribution in [0.3, 0.4) is 0 Å². The summed E-state index contributed by atoms with van der Waals surface area (Å²) in [5.41, 5.74) is 8.46. The van der Waals surface area contributed by atoms with E-state index < -0.39 is 0 Å². The van der Waals surface area contributed by atoms with Gasteiger partial charge in [0, 0.05) is 29.5 Å². The lowest BCUT2D eigenvalue weighted by Crippen LogP contribution is -2.56. The maximum atomic E-state index is 12.2. The van der Waals surface area contributed by atoms with E-state index in [-0.39, 0.29) is 18.6 Å². The number of benzene rings is 2. The van der Waals surface area contributed by atoms with Gasteiger partial charge < -0.3 is 39.1 Å². The predicted octanol–water partition coefficient (Wildman–Crippen LogP) is 3.35. The average molecular weight is 559 g/mol. The molecule has 0 aliphatic carbocycles. The summed E-state index contributed by atoms with van der Waals surface area (Å²) in [6, 6.07) is 11.2. The second-order valence-corrected chi connectivity index (χ2v) is 9.75. The largest absolute Gasteiger partial charge is 0.496 e. The van der Waals surface area contributed by atoms with E-state index in [0.29, 0.717) is 82.1 Å². The highest BCUT2D eigenvalue weighted by atomic mass is 32.2. The van der Waals surface area contributed by atoms with E-state index in [4.69, 9.17) is 40.6 Å². The molecule has 2 aromatic rings. The van der Waals surface area contributed by atoms with Crippen molar-refractivity contribution in [2.24, 2.45) is 0 Å². The highest BCUT2D eigenvalue weighted by Gasteiger charge is 2.31. The molecule has 9 nitrogen and oxygen atoms in total. The van der Waals surface area contributed by atoms with Crippen molar-refractivity contribution in [3.8, 4) is 40.7 Å². The number of anilines is 1. The van der Waals surface area contributed by atoms with E-state index in [0.717, 1.165) is 16.9 Å². The molecule has 10 heteroatoms. The fourth-order valence-electron chi connectivity index (χ4n) is 3.89. The van der Waals surface area contributed by atoms with E-state index in [1.54, 1.807) is 24.9 Å². The van der Waals surface area contributed by atoms with Gasteiger partial charge in [-0.25, -0.2) is 0 Å². The minimum absolute atomic E-state index is 0.0540. The molecule has 2 aromatic carbocycles. The Morgan fingerprint density at radius 3 is 2.44 bits per heavy atom. The third-order valence-corrected chi connectivity index (χ3v) is 6.47. The van der Waals surface area contributed by atoms with E-state index >= 15 is 0 Å². The number of ether oxygens (including phenoxy) is 6. The van der Waals surface area contributed by atoms with Gasteiger partial charge in [-0.15, -0.1) is 6.42 Å². The fourth-order valence-corrected chi connectivity index (χ4v) is 4.27. The quantitative estimate of drug-likeness (QED) is 0.168. The molecule has 1 saturated heterocycles. The van der Waals surface area contributed by atoms with Gasteiger partial charge >= 0.3 is 0 Å². The first-order chi connectivity index (χ1) is 19.0. The van der Waals surface area contributed by atoms with Crippen molar-refractivity contribution in [1.82, 2.24) is 4.90 Å². The van der Waals surface area contributed by atoms with Gasteiger partial charge in [0.1, 0.15) is 36.6 Å². The van der Waals surface area contributed by atoms with Crippen LogP contribution in [0.25, 0.3) is 11.1 Å². The Morgan fingerprint density at radius 1 is 1.03 bits per heavy atom. The zero-order chi connectivity index (χ0) is 27.9. The normalized spacial score (nSPS) is 13.0. The monoisotopic (exact) mass is 558 g/mol. The summed E-state index contributed by atoms with van der Waals surface area (Å²) < 4.78 is 33.7. The van der Waals surface area contributed by atoms with Gasteiger partial charge in [-0.05, 0) is 42.2 Å². The van der Waals surface area contributed by atoms with Crippen LogP contribution in [0.15, 0.2) is 36.4 Å². The molecule has 0 atom stereocenters. The molecule has 2 N–H and O–H groups in total. The molecule has 0 unspecified atom stereocenters. The second-order valence-electron chi connectivity index (χ2n) is 8.76. The number of hydrogen-bond acceptors (Lipinski definition) is 9. The summed E-state index contributed by atoms with van der Waals surface area (Å²) >= 11 is 1.67. The molecule has 1 aliphatic rings. The van der Waals surface area contributed by atoms with E-state index in [9.17, 15) is 4.79 Å². The summed E-state index contributed by atoms with van der Waals surface area (Å²) in [6.07, 6.45) is 7.61. The maximum Gasteiger partial charge on any atom is 0.223 e. The Balaban J connectivity index is 1.49. The zero-order valence-electron chi connectivity index (χ0n) is 22.7. The number of carbonyl (C=O) groups excluding carboxylic acids is 1. The lowest BCUT2D eigenvalue weighted by Gasteiger charge is -2.39. The summed E-state index contributed by atoms with van der Waals surface area (Å²) in [5, 5.41) is 0. The van der Waals surface area contributed by atoms with Crippen LogP contribution >= 0.6 is 11.8 Å². The number of likely N-dealkylation sites (tertiary alicyclic amines) is 1. The van der Waals surface area contributed by atoms with Crippen molar-refractivity contribution in [2.75, 3.05) is 84.2 Å². The summed E-state index contributed by atoms with van der Waals surface area (Å²) in [5.74, 6) is 5.42. The lowest BCUT2D eigenvalue weighted by molar-refractivity contribution is -0.139. The van der Waals surface area contributed by atoms with Crippen molar-refractivity contribution in [1.29, 1.82) is 0 Å². The Labute approximate surface area is 235 Å². The van der Waals surface area contributed by atoms with Crippen LogP contribution in [-0.2, 0) is 19.0 Å². The number of rotatable bonds is 18. The van der Waals surface area contributed by atoms with Crippen LogP contribution in [-0.4, -0.2) is 95.4 Å². The third kappa shape index (κ3) is 10.2. The Bertz CT molecular complexity index is 1090. The Kier molecular flexibility index (Phi) is 13.1. The van der Waals surface area contributed by atoms with E-state index in [1.165, 1.54) is 0 Å². The number of nitrogens with zero attached hydrogens (tertiary/aromatic N) is 1. The number of amides is 1. The van der Waals surface area contributed by atoms with Crippen LogP contribution in [0.5, 0.6) is 17.2 Å². The van der Waals surface area contributed by atoms with Crippen LogP contribution in [0.2, 0.25) is 0 Å². The number of thioether (sulfide) groups is 1. The highest BCUT2D eigenvalue weighted by Crippen LogP contribution is 2.37. The molecule has 1 amide bonds. The smallest absolute Gasteiger partial charge is 0.223 e. The number of hydrogen-bond donors (Lipinski definition) is 1. The van der Waals surface area contributed by atoms with Gasteiger partial charge in [-0.1, -0.05) is 5.92 Å². The Morgan fingerprint density at radius 2 is 1.74 bits per heavy atom. The third-order valence-electron chi connectivity index (χ3n) is 5.86. The van der Waals surface area contributed by atoms with Crippen LogP contribution in [0, 0.1) is 12.3 Å². The van der Waals surface area contributed by atoms with Gasteiger partial charge in [0.2, 0.25) is 5.91 Å². The molecule has 0 bridgehead atoms. The SMILES string of the molecule is C#CCOCCOCCOCCOc1ccc(OC)c(-c2cc(N)cc(OC3CN(C(=O)CCSC)C3)c2)c1. The number of terminal acetylenes is 1. The molecule has 0 saturated carbocycles. The van der Waals surface area contributed by atoms with Crippen molar-refractivity contribution in [3.63, 3.8) is 0 Å². The van der Waals surface area contributed by atoms with Crippen molar-refractivity contribution < 1.29 is 33.2 Å². The molecule has 1 heterocycles. The predicted molar refractivity (Wildman–Crippen MR) is 154 cm³/mol. The summed E-state index contributed by atoms with van der Waals surface area (Å²) in [6.45, 7) is 4.14. The zero-order valence-corrected chi connectivity index (χ0v) is 23.5. The first kappa shape index (κ1) is 30.4. The molecule has 0 radical (unpaired) electrons. The second kappa shape index (κ2) is 16.8. The number of nitrogen functional groups attached to an aromatic ring is 1. The van der Waals surface area contributed by atoms with E-state index in [2.05, 4.69) is 5.92 Å². The van der Waals surface area contributed by atoms with Gasteiger partial charge in [-0.2, -0.15) is 11.8 Å². The molecule has 1 fully saturated rings. The number of nitrogens with two attached hydrogens (primary N) is 1. The Hall–Kier alpha value is -3.10. The minimum atomic E-state index is -0.0540. The van der Waals surface area contributed by atoms with Gasteiger partial charge in [-0.3, -0.25) is 4.79 Å². The fraction of sp³-hybridized carbons (Fsp3) is 0.483. The van der Waals surface area contributed by atoms with Crippen LogP contribution < -0.4 is 19.9 Å². The van der Waals surface area contributed by atoms with Crippen molar-refractivity contribution in [2.45, 2.75) is 12.5 Å². The molecule has 1 aliphatic heterocycles. The molecular formula is C29H38N2O7S. The molecular weight excluding hydrogens is 520 g/mol. The maximum absolute atomic E-state index is 12.2. The topological polar surface area (TPSA) is 102 Å². The molecule has 0 aromatic heterocycles. The number of methoxy groups -OCH3 is 1. The standard InChI is InChI=1S/C29H38N2O7S/c1-4-8-34-9-10-35-11-12-36-13-14-37-24-5-6-28(33-2)27(19-24)22-16-23(30)18-25(17-22)38-26-20-31(21-26)29(32)7-15-39-3/h1,5-6,16-19,26H,7-15,20-21,30H2,2-3H3. The molecule has 212 valence electrons. The van der Waals surface area contributed by atoms with Gasteiger partial charge in [0.15, 0.2) is 0 Å². The first-order valence-electron chi connectivity index (χ1n) is 12.9. The molecule has 0 spiro atoms. The number of carbonyl (C=O) groups is 1. The first-order valence-corrected chi connectivity index (χ1v) is 14.2. The lowest BCUT2D eigenvalue weighted by atomic mass is 10.0. The average Bonchev–Trinajstić information content (AvgIpc) is 2.91. The summed E-state index contributed by atoms with van der Waals surface area (Å²) in [4.78, 5) is 14.0. The van der Waals surface area contributed by atoms with Crippen LogP contribution in [0.4, 0.5) is 5.69 Å². The molecule has 3 rings (SSSR count). The highest BCUT2D eigenvalue weighted by molar-refractivity contribution is 7.98. The van der Waals surface area contributed by atoms with Crippen molar-refractivity contribution >= 4 is 23.4 Å². The van der Waals surface area contributed by atoms with E-state index in [1.807, 2.05) is 41.5 Å². The van der Waals surface area contributed by atoms with Crippen molar-refractivity contribution in [3.05, 3.63) is 36.4 Å².